The van der Waals surface area contributed by atoms with Gasteiger partial charge < -0.3 is 5.43 Å². The van der Waals surface area contributed by atoms with Gasteiger partial charge in [0.1, 0.15) is 5.03 Å². The molecule has 0 amide bonds. The molecule has 0 unspecified atom stereocenters. The molecule has 1 heterocycles. The minimum atomic E-state index is -0.874. The number of nitrogen functional groups attached to an aromatic ring is 1. The first kappa shape index (κ1) is 14.3. The van der Waals surface area contributed by atoms with Crippen LogP contribution in [0.3, 0.4) is 0 Å². The molecule has 0 atom stereocenters. The summed E-state index contributed by atoms with van der Waals surface area (Å²) in [5.41, 5.74) is 2.05. The van der Waals surface area contributed by atoms with Crippen molar-refractivity contribution < 1.29 is 8.78 Å². The van der Waals surface area contributed by atoms with Crippen LogP contribution in [-0.2, 0) is 0 Å². The monoisotopic (exact) mass is 321 g/mol. The van der Waals surface area contributed by atoms with Crippen LogP contribution in [-0.4, -0.2) is 4.98 Å². The molecule has 0 aliphatic heterocycles. The fraction of sp³-hybridized carbons (Fsp3) is 0. The number of hydrazine groups is 1. The maximum absolute atomic E-state index is 13.6. The fourth-order valence-corrected chi connectivity index (χ4v) is 2.61. The van der Waals surface area contributed by atoms with Gasteiger partial charge in [-0.1, -0.05) is 35.0 Å². The summed E-state index contributed by atoms with van der Waals surface area (Å²) in [6, 6.07) is 5.45. The summed E-state index contributed by atoms with van der Waals surface area (Å²) in [5, 5.41) is 0.785. The largest absolute Gasteiger partial charge is 0.306 e. The number of aromatic nitrogens is 1. The van der Waals surface area contributed by atoms with Crippen LogP contribution >= 0.6 is 35.0 Å². The van der Waals surface area contributed by atoms with Crippen LogP contribution in [0.4, 0.5) is 14.6 Å². The zero-order valence-electron chi connectivity index (χ0n) is 9.25. The highest BCUT2D eigenvalue weighted by atomic mass is 35.5. The summed E-state index contributed by atoms with van der Waals surface area (Å²) in [6.45, 7) is 0. The number of hydrogen-bond donors (Lipinski definition) is 2. The lowest BCUT2D eigenvalue weighted by atomic mass is 10.4. The number of rotatable bonds is 3. The molecular weight excluding hydrogens is 315 g/mol. The zero-order valence-corrected chi connectivity index (χ0v) is 11.6. The molecule has 0 saturated carbocycles. The molecule has 0 aliphatic rings. The number of benzene rings is 1. The molecule has 3 N–H and O–H groups in total. The number of pyridine rings is 1. The third kappa shape index (κ3) is 3.27. The molecule has 8 heteroatoms. The summed E-state index contributed by atoms with van der Waals surface area (Å²) < 4.78 is 26.8. The van der Waals surface area contributed by atoms with Crippen molar-refractivity contribution in [3.8, 4) is 0 Å². The summed E-state index contributed by atoms with van der Waals surface area (Å²) in [4.78, 5) is 4.24. The smallest absolute Gasteiger partial charge is 0.177 e. The number of nitrogens with two attached hydrogens (primary N) is 1. The molecular formula is C11H7Cl2F2N3S. The van der Waals surface area contributed by atoms with E-state index < -0.39 is 11.6 Å². The third-order valence-corrected chi connectivity index (χ3v) is 3.85. The van der Waals surface area contributed by atoms with Crippen molar-refractivity contribution in [2.75, 3.05) is 5.43 Å². The first-order valence-electron chi connectivity index (χ1n) is 4.97. The van der Waals surface area contributed by atoms with Gasteiger partial charge in [-0.2, -0.15) is 0 Å². The van der Waals surface area contributed by atoms with E-state index in [1.54, 1.807) is 18.2 Å². The molecule has 1 aromatic heterocycles. The van der Waals surface area contributed by atoms with Crippen LogP contribution in [0, 0.1) is 11.6 Å². The Morgan fingerprint density at radius 2 is 1.89 bits per heavy atom. The van der Waals surface area contributed by atoms with Crippen LogP contribution in [0.15, 0.2) is 34.2 Å². The Bertz CT molecular complexity index is 625. The fourth-order valence-electron chi connectivity index (χ4n) is 1.28. The Hall–Kier alpha value is -1.08. The molecule has 0 fully saturated rings. The summed E-state index contributed by atoms with van der Waals surface area (Å²) in [7, 11) is 0. The van der Waals surface area contributed by atoms with Gasteiger partial charge in [0, 0.05) is 16.0 Å². The molecule has 0 radical (unpaired) electrons. The van der Waals surface area contributed by atoms with Crippen molar-refractivity contribution in [3.05, 3.63) is 45.9 Å². The van der Waals surface area contributed by atoms with Crippen molar-refractivity contribution in [1.82, 2.24) is 4.98 Å². The lowest BCUT2D eigenvalue weighted by Crippen LogP contribution is -2.11. The predicted octanol–water partition coefficient (Wildman–Crippen LogP) is 4.10. The topological polar surface area (TPSA) is 50.9 Å². The van der Waals surface area contributed by atoms with E-state index in [1.807, 2.05) is 5.43 Å². The SMILES string of the molecule is NNc1nc(Sc2cc(Cl)ccc2Cl)c(F)cc1F. The van der Waals surface area contributed by atoms with E-state index in [4.69, 9.17) is 29.0 Å². The standard InChI is InChI=1S/C11H7Cl2F2N3S/c12-5-1-2-6(13)9(3-5)19-11-8(15)4-7(14)10(17-11)18-16/h1-4H,16H2,(H,17,18). The Morgan fingerprint density at radius 1 is 1.16 bits per heavy atom. The van der Waals surface area contributed by atoms with Gasteiger partial charge >= 0.3 is 0 Å². The molecule has 0 aliphatic carbocycles. The van der Waals surface area contributed by atoms with Crippen LogP contribution < -0.4 is 11.3 Å². The molecule has 3 nitrogen and oxygen atoms in total. The lowest BCUT2D eigenvalue weighted by molar-refractivity contribution is 0.551. The van der Waals surface area contributed by atoms with E-state index in [0.717, 1.165) is 11.8 Å². The highest BCUT2D eigenvalue weighted by Crippen LogP contribution is 2.36. The highest BCUT2D eigenvalue weighted by molar-refractivity contribution is 7.99. The maximum Gasteiger partial charge on any atom is 0.177 e. The minimum absolute atomic E-state index is 0.0569. The Labute approximate surface area is 122 Å². The van der Waals surface area contributed by atoms with Crippen molar-refractivity contribution in [3.63, 3.8) is 0 Å². The van der Waals surface area contributed by atoms with Crippen molar-refractivity contribution in [2.24, 2.45) is 5.84 Å². The number of halogens is 4. The van der Waals surface area contributed by atoms with E-state index in [0.29, 0.717) is 21.0 Å². The van der Waals surface area contributed by atoms with Crippen LogP contribution in [0.25, 0.3) is 0 Å². The average Bonchev–Trinajstić information content (AvgIpc) is 2.37. The van der Waals surface area contributed by atoms with E-state index >= 15 is 0 Å². The normalized spacial score (nSPS) is 10.6. The second-order valence-electron chi connectivity index (χ2n) is 3.43. The predicted molar refractivity (Wildman–Crippen MR) is 72.5 cm³/mol. The first-order valence-corrected chi connectivity index (χ1v) is 6.54. The summed E-state index contributed by atoms with van der Waals surface area (Å²) in [6.07, 6.45) is 0. The number of hydrogen-bond acceptors (Lipinski definition) is 4. The molecule has 0 spiro atoms. The van der Waals surface area contributed by atoms with Crippen LogP contribution in [0.2, 0.25) is 10.0 Å². The minimum Gasteiger partial charge on any atom is -0.306 e. The average molecular weight is 322 g/mol. The molecule has 100 valence electrons. The molecule has 0 saturated heterocycles. The second kappa shape index (κ2) is 5.92. The van der Waals surface area contributed by atoms with Crippen LogP contribution in [0.5, 0.6) is 0 Å². The second-order valence-corrected chi connectivity index (χ2v) is 5.30. The molecule has 2 rings (SSSR count). The third-order valence-electron chi connectivity index (χ3n) is 2.13. The van der Waals surface area contributed by atoms with Gasteiger partial charge in [-0.05, 0) is 18.2 Å². The quantitative estimate of drug-likeness (QED) is 0.660. The molecule has 1 aromatic carbocycles. The number of nitrogens with zero attached hydrogens (tertiary/aromatic N) is 1. The molecule has 0 bridgehead atoms. The first-order chi connectivity index (χ1) is 9.01. The van der Waals surface area contributed by atoms with Gasteiger partial charge in [0.05, 0.1) is 5.02 Å². The van der Waals surface area contributed by atoms with E-state index in [1.165, 1.54) is 0 Å². The van der Waals surface area contributed by atoms with Gasteiger partial charge in [0.25, 0.3) is 0 Å². The van der Waals surface area contributed by atoms with E-state index in [-0.39, 0.29) is 10.8 Å². The van der Waals surface area contributed by atoms with Gasteiger partial charge in [0.15, 0.2) is 17.5 Å². The highest BCUT2D eigenvalue weighted by Gasteiger charge is 2.14. The Balaban J connectivity index is 2.40. The van der Waals surface area contributed by atoms with Gasteiger partial charge in [0.2, 0.25) is 0 Å². The Kier molecular flexibility index (Phi) is 4.46. The maximum atomic E-state index is 13.6. The van der Waals surface area contributed by atoms with Gasteiger partial charge in [-0.25, -0.2) is 19.6 Å². The zero-order chi connectivity index (χ0) is 14.0. The van der Waals surface area contributed by atoms with Crippen molar-refractivity contribution in [2.45, 2.75) is 9.92 Å². The summed E-state index contributed by atoms with van der Waals surface area (Å²) >= 11 is 12.7. The van der Waals surface area contributed by atoms with Gasteiger partial charge in [-0.15, -0.1) is 0 Å². The molecule has 19 heavy (non-hydrogen) atoms. The van der Waals surface area contributed by atoms with Crippen molar-refractivity contribution >= 4 is 40.8 Å². The van der Waals surface area contributed by atoms with Crippen LogP contribution in [0.1, 0.15) is 0 Å². The summed E-state index contributed by atoms with van der Waals surface area (Å²) in [5.74, 6) is 3.16. The van der Waals surface area contributed by atoms with E-state index in [9.17, 15) is 8.78 Å². The number of anilines is 1. The lowest BCUT2D eigenvalue weighted by Gasteiger charge is -2.08. The Morgan fingerprint density at radius 3 is 2.58 bits per heavy atom. The van der Waals surface area contributed by atoms with Crippen molar-refractivity contribution in [1.29, 1.82) is 0 Å². The number of nitrogens with one attached hydrogen (secondary N) is 1. The van der Waals surface area contributed by atoms with Gasteiger partial charge in [-0.3, -0.25) is 0 Å². The molecule has 2 aromatic rings. The van der Waals surface area contributed by atoms with E-state index in [2.05, 4.69) is 4.98 Å².